The largest absolute Gasteiger partial charge is 0.379 e. The summed E-state index contributed by atoms with van der Waals surface area (Å²) in [6.07, 6.45) is 10.9. The molecule has 1 aliphatic heterocycles. The minimum absolute atomic E-state index is 0.163. The highest BCUT2D eigenvalue weighted by molar-refractivity contribution is 5.63. The molecule has 4 aromatic heterocycles. The molecular weight excluding hydrogens is 492 g/mol. The van der Waals surface area contributed by atoms with Crippen LogP contribution in [0, 0.1) is 0 Å². The Hall–Kier alpha value is -4.54. The van der Waals surface area contributed by atoms with Gasteiger partial charge in [0, 0.05) is 78.9 Å². The highest BCUT2D eigenvalue weighted by Crippen LogP contribution is 2.21. The molecule has 0 N–H and O–H groups in total. The Kier molecular flexibility index (Phi) is 7.28. The summed E-state index contributed by atoms with van der Waals surface area (Å²) in [7, 11) is 0. The molecule has 10 nitrogen and oxygen atoms in total. The first kappa shape index (κ1) is 24.8. The molecule has 10 heteroatoms. The highest BCUT2D eigenvalue weighted by Gasteiger charge is 2.11. The Balaban J connectivity index is 1.14. The van der Waals surface area contributed by atoms with Crippen molar-refractivity contribution in [1.82, 2.24) is 39.4 Å². The summed E-state index contributed by atoms with van der Waals surface area (Å²) in [5, 5.41) is 9.06. The molecule has 5 heterocycles. The van der Waals surface area contributed by atoms with Gasteiger partial charge in [0.05, 0.1) is 38.2 Å². The molecule has 1 saturated heterocycles. The molecule has 0 bridgehead atoms. The van der Waals surface area contributed by atoms with Gasteiger partial charge in [0.2, 0.25) is 0 Å². The van der Waals surface area contributed by atoms with Crippen LogP contribution >= 0.6 is 0 Å². The monoisotopic (exact) mass is 520 g/mol. The number of aromatic nitrogens is 7. The van der Waals surface area contributed by atoms with Crippen molar-refractivity contribution < 1.29 is 4.74 Å². The minimum Gasteiger partial charge on any atom is -0.379 e. The maximum atomic E-state index is 12.5. The van der Waals surface area contributed by atoms with Crippen LogP contribution in [0.1, 0.15) is 5.56 Å². The van der Waals surface area contributed by atoms with E-state index in [1.54, 1.807) is 24.5 Å². The van der Waals surface area contributed by atoms with Gasteiger partial charge >= 0.3 is 0 Å². The van der Waals surface area contributed by atoms with E-state index in [1.807, 2.05) is 65.9 Å². The number of nitrogens with zero attached hydrogens (tertiary/aromatic N) is 8. The van der Waals surface area contributed by atoms with Crippen molar-refractivity contribution in [3.63, 3.8) is 0 Å². The second-order valence-corrected chi connectivity index (χ2v) is 9.39. The second-order valence-electron chi connectivity index (χ2n) is 9.39. The van der Waals surface area contributed by atoms with Crippen molar-refractivity contribution >= 4 is 0 Å². The zero-order valence-corrected chi connectivity index (χ0v) is 21.4. The van der Waals surface area contributed by atoms with E-state index in [0.717, 1.165) is 72.9 Å². The number of hydrogen-bond acceptors (Lipinski definition) is 8. The fraction of sp³-hybridized carbons (Fsp3) is 0.241. The molecular formula is C29H28N8O2. The molecule has 0 atom stereocenters. The Morgan fingerprint density at radius 2 is 1.64 bits per heavy atom. The fourth-order valence-corrected chi connectivity index (χ4v) is 4.55. The lowest BCUT2D eigenvalue weighted by Crippen LogP contribution is -2.38. The lowest BCUT2D eigenvalue weighted by molar-refractivity contribution is 0.0360. The lowest BCUT2D eigenvalue weighted by Gasteiger charge is -2.26. The summed E-state index contributed by atoms with van der Waals surface area (Å²) < 4.78 is 8.84. The van der Waals surface area contributed by atoms with E-state index in [4.69, 9.17) is 4.74 Å². The zero-order valence-electron chi connectivity index (χ0n) is 21.4. The van der Waals surface area contributed by atoms with Crippen LogP contribution in [0.4, 0.5) is 0 Å². The smallest absolute Gasteiger partial charge is 0.267 e. The number of benzene rings is 1. The van der Waals surface area contributed by atoms with Crippen molar-refractivity contribution in [2.45, 2.75) is 13.1 Å². The fourth-order valence-electron chi connectivity index (χ4n) is 4.55. The van der Waals surface area contributed by atoms with Gasteiger partial charge in [-0.3, -0.25) is 19.4 Å². The van der Waals surface area contributed by atoms with Crippen LogP contribution in [0.5, 0.6) is 0 Å². The molecule has 6 rings (SSSR count). The second kappa shape index (κ2) is 11.5. The van der Waals surface area contributed by atoms with Crippen LogP contribution in [-0.2, 0) is 17.8 Å². The zero-order chi connectivity index (χ0) is 26.4. The first-order valence-electron chi connectivity index (χ1n) is 12.9. The van der Waals surface area contributed by atoms with Gasteiger partial charge in [-0.2, -0.15) is 10.2 Å². The highest BCUT2D eigenvalue weighted by atomic mass is 16.5. The SMILES string of the molecule is O=c1ccc(-c2ccncc2)nn1Cc1cccc(-c2ncc(-c3cnn(CCN4CCOCC4)c3)cn2)c1. The van der Waals surface area contributed by atoms with E-state index in [1.165, 1.54) is 4.68 Å². The van der Waals surface area contributed by atoms with Crippen molar-refractivity contribution in [2.24, 2.45) is 0 Å². The molecule has 1 aliphatic rings. The van der Waals surface area contributed by atoms with E-state index in [0.29, 0.717) is 12.4 Å². The maximum absolute atomic E-state index is 12.5. The van der Waals surface area contributed by atoms with Crippen LogP contribution < -0.4 is 5.56 Å². The van der Waals surface area contributed by atoms with Crippen LogP contribution in [-0.4, -0.2) is 72.3 Å². The average Bonchev–Trinajstić information content (AvgIpc) is 3.48. The molecule has 39 heavy (non-hydrogen) atoms. The summed E-state index contributed by atoms with van der Waals surface area (Å²) in [4.78, 5) is 28.2. The van der Waals surface area contributed by atoms with Gasteiger partial charge in [-0.1, -0.05) is 18.2 Å². The van der Waals surface area contributed by atoms with E-state index in [-0.39, 0.29) is 5.56 Å². The molecule has 1 fully saturated rings. The third-order valence-electron chi connectivity index (χ3n) is 6.73. The van der Waals surface area contributed by atoms with Crippen molar-refractivity contribution in [3.8, 4) is 33.8 Å². The third-order valence-corrected chi connectivity index (χ3v) is 6.73. The summed E-state index contributed by atoms with van der Waals surface area (Å²) >= 11 is 0. The van der Waals surface area contributed by atoms with Gasteiger partial charge in [0.1, 0.15) is 0 Å². The average molecular weight is 521 g/mol. The van der Waals surface area contributed by atoms with Gasteiger partial charge in [0.15, 0.2) is 5.82 Å². The van der Waals surface area contributed by atoms with Crippen molar-refractivity contribution in [3.05, 3.63) is 102 Å². The Morgan fingerprint density at radius 3 is 2.46 bits per heavy atom. The number of ether oxygens (including phenoxy) is 1. The normalized spacial score (nSPS) is 13.9. The molecule has 1 aromatic carbocycles. The van der Waals surface area contributed by atoms with Crippen LogP contribution in [0.2, 0.25) is 0 Å². The third kappa shape index (κ3) is 5.97. The number of pyridine rings is 1. The molecule has 5 aromatic rings. The molecule has 0 radical (unpaired) electrons. The van der Waals surface area contributed by atoms with Crippen LogP contribution in [0.15, 0.2) is 90.5 Å². The molecule has 0 amide bonds. The standard InChI is InChI=1S/C29H28N8O2/c38-28-5-4-27(23-6-8-30-9-7-23)34-37(28)20-22-2-1-3-24(16-22)29-31-17-25(18-32-29)26-19-33-36(21-26)11-10-35-12-14-39-15-13-35/h1-9,16-19,21H,10-15,20H2. The van der Waals surface area contributed by atoms with E-state index >= 15 is 0 Å². The predicted molar refractivity (Wildman–Crippen MR) is 147 cm³/mol. The number of hydrogen-bond donors (Lipinski definition) is 0. The first-order chi connectivity index (χ1) is 19.2. The molecule has 0 unspecified atom stereocenters. The van der Waals surface area contributed by atoms with Gasteiger partial charge < -0.3 is 4.74 Å². The van der Waals surface area contributed by atoms with Crippen molar-refractivity contribution in [1.29, 1.82) is 0 Å². The molecule has 0 spiro atoms. The number of morpholine rings is 1. The van der Waals surface area contributed by atoms with E-state index < -0.39 is 0 Å². The summed E-state index contributed by atoms with van der Waals surface area (Å²) in [5.74, 6) is 0.617. The summed E-state index contributed by atoms with van der Waals surface area (Å²) in [5.41, 5.74) is 5.17. The van der Waals surface area contributed by atoms with Gasteiger partial charge in [0.25, 0.3) is 5.56 Å². The summed E-state index contributed by atoms with van der Waals surface area (Å²) in [6, 6.07) is 14.9. The Labute approximate surface area is 225 Å². The first-order valence-corrected chi connectivity index (χ1v) is 12.9. The molecule has 196 valence electrons. The maximum Gasteiger partial charge on any atom is 0.267 e. The van der Waals surface area contributed by atoms with Crippen LogP contribution in [0.3, 0.4) is 0 Å². The topological polar surface area (TPSA) is 104 Å². The summed E-state index contributed by atoms with van der Waals surface area (Å²) in [6.45, 7) is 5.65. The Morgan fingerprint density at radius 1 is 0.821 bits per heavy atom. The van der Waals surface area contributed by atoms with Gasteiger partial charge in [-0.25, -0.2) is 14.6 Å². The molecule has 0 aliphatic carbocycles. The Bertz CT molecular complexity index is 1590. The van der Waals surface area contributed by atoms with Gasteiger partial charge in [-0.05, 0) is 29.8 Å². The van der Waals surface area contributed by atoms with E-state index in [9.17, 15) is 4.79 Å². The van der Waals surface area contributed by atoms with Crippen LogP contribution in [0.25, 0.3) is 33.8 Å². The number of rotatable bonds is 8. The predicted octanol–water partition coefficient (Wildman–Crippen LogP) is 3.01. The quantitative estimate of drug-likeness (QED) is 0.308. The minimum atomic E-state index is -0.163. The van der Waals surface area contributed by atoms with Crippen molar-refractivity contribution in [2.75, 3.05) is 32.8 Å². The van der Waals surface area contributed by atoms with E-state index in [2.05, 4.69) is 30.0 Å². The van der Waals surface area contributed by atoms with Gasteiger partial charge in [-0.15, -0.1) is 0 Å². The lowest BCUT2D eigenvalue weighted by atomic mass is 10.1. The molecule has 0 saturated carbocycles.